The molecule has 0 radical (unpaired) electrons. The molecule has 0 saturated carbocycles. The molecule has 0 aliphatic heterocycles. The largest absolute Gasteiger partial charge is 0.333 e. The van der Waals surface area contributed by atoms with E-state index < -0.39 is 23.7 Å². The third-order valence-electron chi connectivity index (χ3n) is 5.49. The highest BCUT2D eigenvalue weighted by molar-refractivity contribution is 6.31. The minimum Gasteiger partial charge on any atom is -0.324 e. The molecule has 0 saturated heterocycles. The van der Waals surface area contributed by atoms with Gasteiger partial charge in [0.2, 0.25) is 5.91 Å². The summed E-state index contributed by atoms with van der Waals surface area (Å²) in [5.74, 6) is -0.242. The summed E-state index contributed by atoms with van der Waals surface area (Å²) in [5, 5.41) is 3.23. The van der Waals surface area contributed by atoms with E-state index in [2.05, 4.69) is 10.3 Å². The molecule has 176 valence electrons. The molecule has 4 aromatic rings. The third-order valence-corrected chi connectivity index (χ3v) is 5.89. The lowest BCUT2D eigenvalue weighted by atomic mass is 10.2. The lowest BCUT2D eigenvalue weighted by Gasteiger charge is -2.14. The van der Waals surface area contributed by atoms with Gasteiger partial charge in [0.25, 0.3) is 5.56 Å². The summed E-state index contributed by atoms with van der Waals surface area (Å²) in [5.41, 5.74) is 1.73. The Kier molecular flexibility index (Phi) is 6.70. The first kappa shape index (κ1) is 23.5. The van der Waals surface area contributed by atoms with Crippen LogP contribution in [0.4, 0.5) is 5.69 Å². The molecule has 4 rings (SSSR count). The first-order valence-corrected chi connectivity index (χ1v) is 11.4. The van der Waals surface area contributed by atoms with Crippen molar-refractivity contribution in [3.05, 3.63) is 91.8 Å². The maximum Gasteiger partial charge on any atom is 0.333 e. The van der Waals surface area contributed by atoms with E-state index in [-0.39, 0.29) is 12.5 Å². The van der Waals surface area contributed by atoms with Crippen LogP contribution in [0.5, 0.6) is 0 Å². The molecule has 0 bridgehead atoms. The fourth-order valence-corrected chi connectivity index (χ4v) is 4.01. The number of aromatic nitrogens is 4. The molecule has 0 aliphatic rings. The SMILES string of the molecule is Cc1ccc(NC(=O)Cn2c(=O)c3c(ncn3CC(C)C)n(Cc3ccccc3)c2=O)cc1Cl. The fourth-order valence-electron chi connectivity index (χ4n) is 3.83. The van der Waals surface area contributed by atoms with Crippen molar-refractivity contribution in [3.8, 4) is 0 Å². The molecule has 0 spiro atoms. The van der Waals surface area contributed by atoms with Gasteiger partial charge in [-0.25, -0.2) is 14.3 Å². The Bertz CT molecular complexity index is 1470. The fraction of sp³-hybridized carbons (Fsp3) is 0.280. The van der Waals surface area contributed by atoms with Gasteiger partial charge in [-0.05, 0) is 36.1 Å². The van der Waals surface area contributed by atoms with Crippen LogP contribution in [0.2, 0.25) is 5.02 Å². The predicted molar refractivity (Wildman–Crippen MR) is 133 cm³/mol. The van der Waals surface area contributed by atoms with Gasteiger partial charge in [0.05, 0.1) is 12.9 Å². The van der Waals surface area contributed by atoms with Gasteiger partial charge < -0.3 is 9.88 Å². The lowest BCUT2D eigenvalue weighted by Crippen LogP contribution is -2.43. The molecule has 0 fully saturated rings. The van der Waals surface area contributed by atoms with Crippen molar-refractivity contribution in [1.82, 2.24) is 18.7 Å². The van der Waals surface area contributed by atoms with Crippen LogP contribution in [0.15, 0.2) is 64.4 Å². The standard InChI is InChI=1S/C25H26ClN5O3/c1-16(2)12-29-15-27-23-22(29)24(33)31(25(34)30(23)13-18-7-5-4-6-8-18)14-21(32)28-19-10-9-17(3)20(26)11-19/h4-11,15-16H,12-14H2,1-3H3,(H,28,32). The van der Waals surface area contributed by atoms with Crippen LogP contribution in [0, 0.1) is 12.8 Å². The number of nitrogens with zero attached hydrogens (tertiary/aromatic N) is 4. The van der Waals surface area contributed by atoms with Crippen molar-refractivity contribution < 1.29 is 4.79 Å². The molecule has 9 heteroatoms. The van der Waals surface area contributed by atoms with Crippen LogP contribution < -0.4 is 16.6 Å². The van der Waals surface area contributed by atoms with Crippen LogP contribution in [-0.4, -0.2) is 24.6 Å². The van der Waals surface area contributed by atoms with Crippen molar-refractivity contribution in [2.24, 2.45) is 5.92 Å². The number of nitrogens with one attached hydrogen (secondary N) is 1. The van der Waals surface area contributed by atoms with Crippen molar-refractivity contribution in [2.75, 3.05) is 5.32 Å². The number of amides is 1. The number of rotatable bonds is 7. The van der Waals surface area contributed by atoms with Gasteiger partial charge in [-0.2, -0.15) is 0 Å². The van der Waals surface area contributed by atoms with Gasteiger partial charge in [0.1, 0.15) is 6.54 Å². The maximum absolute atomic E-state index is 13.4. The topological polar surface area (TPSA) is 90.9 Å². The van der Waals surface area contributed by atoms with E-state index in [1.807, 2.05) is 51.1 Å². The first-order chi connectivity index (χ1) is 16.2. The third kappa shape index (κ3) is 4.82. The molecule has 2 heterocycles. The summed E-state index contributed by atoms with van der Waals surface area (Å²) in [7, 11) is 0. The Balaban J connectivity index is 1.78. The van der Waals surface area contributed by atoms with Crippen LogP contribution in [0.25, 0.3) is 11.2 Å². The van der Waals surface area contributed by atoms with E-state index in [1.165, 1.54) is 4.57 Å². The average molecular weight is 480 g/mol. The smallest absolute Gasteiger partial charge is 0.324 e. The molecule has 0 aliphatic carbocycles. The number of carbonyl (C=O) groups excluding carboxylic acids is 1. The van der Waals surface area contributed by atoms with Gasteiger partial charge >= 0.3 is 5.69 Å². The average Bonchev–Trinajstić information content (AvgIpc) is 3.20. The highest BCUT2D eigenvalue weighted by atomic mass is 35.5. The summed E-state index contributed by atoms with van der Waals surface area (Å²) in [6.07, 6.45) is 1.58. The monoisotopic (exact) mass is 479 g/mol. The Morgan fingerprint density at radius 1 is 1.09 bits per heavy atom. The van der Waals surface area contributed by atoms with Crippen molar-refractivity contribution in [3.63, 3.8) is 0 Å². The van der Waals surface area contributed by atoms with E-state index in [1.54, 1.807) is 29.1 Å². The van der Waals surface area contributed by atoms with Gasteiger partial charge in [-0.15, -0.1) is 0 Å². The van der Waals surface area contributed by atoms with Crippen LogP contribution in [-0.2, 0) is 24.4 Å². The highest BCUT2D eigenvalue weighted by Crippen LogP contribution is 2.20. The maximum atomic E-state index is 13.4. The van der Waals surface area contributed by atoms with E-state index >= 15 is 0 Å². The molecule has 0 unspecified atom stereocenters. The minimum absolute atomic E-state index is 0.227. The summed E-state index contributed by atoms with van der Waals surface area (Å²) < 4.78 is 4.16. The van der Waals surface area contributed by atoms with E-state index in [4.69, 9.17) is 11.6 Å². The number of hydrogen-bond donors (Lipinski definition) is 1. The number of halogens is 1. The predicted octanol–water partition coefficient (Wildman–Crippen LogP) is 3.66. The summed E-state index contributed by atoms with van der Waals surface area (Å²) in [6, 6.07) is 14.6. The Labute approximate surface area is 201 Å². The molecule has 0 atom stereocenters. The van der Waals surface area contributed by atoms with Crippen LogP contribution in [0.3, 0.4) is 0 Å². The minimum atomic E-state index is -0.590. The summed E-state index contributed by atoms with van der Waals surface area (Å²) >= 11 is 6.15. The number of aryl methyl sites for hydroxylation is 1. The number of benzene rings is 2. The van der Waals surface area contributed by atoms with Crippen molar-refractivity contribution in [2.45, 2.75) is 40.4 Å². The summed E-state index contributed by atoms with van der Waals surface area (Å²) in [4.78, 5) is 44.0. The molecule has 34 heavy (non-hydrogen) atoms. The molecule has 1 amide bonds. The Morgan fingerprint density at radius 2 is 1.82 bits per heavy atom. The number of fused-ring (bicyclic) bond motifs is 1. The van der Waals surface area contributed by atoms with Crippen LogP contribution in [0.1, 0.15) is 25.0 Å². The van der Waals surface area contributed by atoms with Crippen molar-refractivity contribution >= 4 is 34.4 Å². The number of hydrogen-bond acceptors (Lipinski definition) is 4. The Hall–Kier alpha value is -3.65. The van der Waals surface area contributed by atoms with Gasteiger partial charge in [-0.3, -0.25) is 14.2 Å². The second kappa shape index (κ2) is 9.69. The van der Waals surface area contributed by atoms with E-state index in [0.717, 1.165) is 15.7 Å². The molecule has 1 N–H and O–H groups in total. The number of carbonyl (C=O) groups is 1. The quantitative estimate of drug-likeness (QED) is 0.438. The molecule has 8 nitrogen and oxygen atoms in total. The molecular weight excluding hydrogens is 454 g/mol. The molecular formula is C25H26ClN5O3. The first-order valence-electron chi connectivity index (χ1n) is 11.0. The molecule has 2 aromatic carbocycles. The number of imidazole rings is 1. The number of anilines is 1. The van der Waals surface area contributed by atoms with E-state index in [0.29, 0.717) is 28.4 Å². The normalized spacial score (nSPS) is 11.3. The van der Waals surface area contributed by atoms with Gasteiger partial charge in [0, 0.05) is 17.3 Å². The van der Waals surface area contributed by atoms with Gasteiger partial charge in [0.15, 0.2) is 11.2 Å². The Morgan fingerprint density at radius 3 is 2.50 bits per heavy atom. The van der Waals surface area contributed by atoms with E-state index in [9.17, 15) is 14.4 Å². The molecule has 2 aromatic heterocycles. The van der Waals surface area contributed by atoms with Crippen LogP contribution >= 0.6 is 11.6 Å². The van der Waals surface area contributed by atoms with Gasteiger partial charge in [-0.1, -0.05) is 61.8 Å². The lowest BCUT2D eigenvalue weighted by molar-refractivity contribution is -0.116. The zero-order valence-corrected chi connectivity index (χ0v) is 20.0. The zero-order valence-electron chi connectivity index (χ0n) is 19.3. The summed E-state index contributed by atoms with van der Waals surface area (Å²) in [6.45, 7) is 6.28. The second-order valence-electron chi connectivity index (χ2n) is 8.72. The zero-order chi connectivity index (χ0) is 24.4. The van der Waals surface area contributed by atoms with Crippen molar-refractivity contribution in [1.29, 1.82) is 0 Å². The second-order valence-corrected chi connectivity index (χ2v) is 9.13. The highest BCUT2D eigenvalue weighted by Gasteiger charge is 2.20.